The molecule has 8 nitrogen and oxygen atoms in total. The molecular formula is C22H19N3O5. The van der Waals surface area contributed by atoms with Crippen LogP contribution in [0.4, 0.5) is 0 Å². The Morgan fingerprint density at radius 2 is 1.77 bits per heavy atom. The van der Waals surface area contributed by atoms with E-state index < -0.39 is 0 Å². The fraction of sp³-hybridized carbons (Fsp3) is 0.136. The Balaban J connectivity index is 1.88. The number of ketones is 1. The van der Waals surface area contributed by atoms with Crippen LogP contribution in [0.3, 0.4) is 0 Å². The number of rotatable bonds is 7. The molecule has 2 aromatic carbocycles. The summed E-state index contributed by atoms with van der Waals surface area (Å²) in [5, 5.41) is 7.88. The van der Waals surface area contributed by atoms with Crippen LogP contribution < -0.4 is 14.2 Å². The van der Waals surface area contributed by atoms with E-state index in [1.165, 1.54) is 26.0 Å². The van der Waals surface area contributed by atoms with Gasteiger partial charge >= 0.3 is 0 Å². The maximum atomic E-state index is 13.6. The lowest BCUT2D eigenvalue weighted by Crippen LogP contribution is -2.09. The van der Waals surface area contributed by atoms with Crippen molar-refractivity contribution >= 4 is 5.78 Å². The SMILES string of the molecule is COc1cc(C(=O)c2cc(-c3ccco3)ccc2-n2ccnn2)cc(OC)c1OC. The number of hydrogen-bond acceptors (Lipinski definition) is 7. The fourth-order valence-corrected chi connectivity index (χ4v) is 3.22. The molecule has 0 radical (unpaired) electrons. The van der Waals surface area contributed by atoms with Gasteiger partial charge < -0.3 is 18.6 Å². The number of nitrogens with zero attached hydrogens (tertiary/aromatic N) is 3. The molecule has 0 bridgehead atoms. The Kier molecular flexibility index (Phi) is 5.21. The highest BCUT2D eigenvalue weighted by Gasteiger charge is 2.22. The van der Waals surface area contributed by atoms with Crippen LogP contribution in [-0.2, 0) is 0 Å². The molecular weight excluding hydrogens is 386 g/mol. The summed E-state index contributed by atoms with van der Waals surface area (Å²) in [6.07, 6.45) is 4.81. The third kappa shape index (κ3) is 3.39. The number of furan rings is 1. The van der Waals surface area contributed by atoms with E-state index in [-0.39, 0.29) is 5.78 Å². The molecule has 2 heterocycles. The van der Waals surface area contributed by atoms with E-state index in [9.17, 15) is 4.79 Å². The lowest BCUT2D eigenvalue weighted by atomic mass is 9.98. The van der Waals surface area contributed by atoms with Crippen molar-refractivity contribution in [3.05, 3.63) is 72.2 Å². The molecule has 2 aromatic heterocycles. The Labute approximate surface area is 172 Å². The van der Waals surface area contributed by atoms with Crippen LogP contribution >= 0.6 is 0 Å². The Morgan fingerprint density at radius 1 is 1.00 bits per heavy atom. The quantitative estimate of drug-likeness (QED) is 0.432. The predicted molar refractivity (Wildman–Crippen MR) is 109 cm³/mol. The standard InChI is InChI=1S/C22H19N3O5/c1-27-19-12-15(13-20(28-2)22(19)29-3)21(26)16-11-14(18-5-4-10-30-18)6-7-17(16)25-9-8-23-24-25/h4-13H,1-3H3. The number of aromatic nitrogens is 3. The van der Waals surface area contributed by atoms with E-state index in [1.807, 2.05) is 12.1 Å². The number of hydrogen-bond donors (Lipinski definition) is 0. The van der Waals surface area contributed by atoms with Crippen LogP contribution in [0.1, 0.15) is 15.9 Å². The molecule has 0 spiro atoms. The molecule has 0 aliphatic rings. The van der Waals surface area contributed by atoms with Gasteiger partial charge in [-0.25, -0.2) is 4.68 Å². The van der Waals surface area contributed by atoms with Gasteiger partial charge in [0.05, 0.1) is 45.7 Å². The van der Waals surface area contributed by atoms with Gasteiger partial charge in [-0.2, -0.15) is 0 Å². The molecule has 0 N–H and O–H groups in total. The third-order valence-corrected chi connectivity index (χ3v) is 4.64. The topological polar surface area (TPSA) is 88.6 Å². The molecule has 0 aliphatic carbocycles. The molecule has 0 saturated carbocycles. The van der Waals surface area contributed by atoms with Gasteiger partial charge in [0.25, 0.3) is 0 Å². The molecule has 8 heteroatoms. The first kappa shape index (κ1) is 19.3. The zero-order valence-corrected chi connectivity index (χ0v) is 16.7. The third-order valence-electron chi connectivity index (χ3n) is 4.64. The van der Waals surface area contributed by atoms with Crippen molar-refractivity contribution < 1.29 is 23.4 Å². The largest absolute Gasteiger partial charge is 0.493 e. The van der Waals surface area contributed by atoms with Crippen LogP contribution in [-0.4, -0.2) is 42.1 Å². The lowest BCUT2D eigenvalue weighted by molar-refractivity contribution is 0.103. The van der Waals surface area contributed by atoms with Crippen molar-refractivity contribution in [2.75, 3.05) is 21.3 Å². The van der Waals surface area contributed by atoms with Gasteiger partial charge in [0, 0.05) is 16.7 Å². The normalized spacial score (nSPS) is 10.6. The summed E-state index contributed by atoms with van der Waals surface area (Å²) in [7, 11) is 4.52. The highest BCUT2D eigenvalue weighted by molar-refractivity contribution is 6.12. The van der Waals surface area contributed by atoms with E-state index in [4.69, 9.17) is 18.6 Å². The summed E-state index contributed by atoms with van der Waals surface area (Å²) in [5.74, 6) is 1.61. The zero-order chi connectivity index (χ0) is 21.1. The number of methoxy groups -OCH3 is 3. The molecule has 152 valence electrons. The summed E-state index contributed by atoms with van der Waals surface area (Å²) in [6, 6.07) is 12.3. The Bertz CT molecular complexity index is 1140. The fourth-order valence-electron chi connectivity index (χ4n) is 3.22. The smallest absolute Gasteiger partial charge is 0.203 e. The minimum absolute atomic E-state index is 0.242. The maximum Gasteiger partial charge on any atom is 0.203 e. The van der Waals surface area contributed by atoms with Crippen LogP contribution in [0.25, 0.3) is 17.0 Å². The van der Waals surface area contributed by atoms with Crippen molar-refractivity contribution in [1.82, 2.24) is 15.0 Å². The molecule has 0 amide bonds. The summed E-state index contributed by atoms with van der Waals surface area (Å²) >= 11 is 0. The average molecular weight is 405 g/mol. The second kappa shape index (κ2) is 8.12. The highest BCUT2D eigenvalue weighted by Crippen LogP contribution is 2.39. The van der Waals surface area contributed by atoms with Crippen molar-refractivity contribution in [1.29, 1.82) is 0 Å². The Hall–Kier alpha value is -4.07. The van der Waals surface area contributed by atoms with Gasteiger partial charge in [0.1, 0.15) is 5.76 Å². The van der Waals surface area contributed by atoms with Crippen molar-refractivity contribution in [2.45, 2.75) is 0 Å². The second-order valence-electron chi connectivity index (χ2n) is 6.30. The van der Waals surface area contributed by atoms with E-state index in [2.05, 4.69) is 10.3 Å². The van der Waals surface area contributed by atoms with Gasteiger partial charge in [-0.3, -0.25) is 4.79 Å². The molecule has 4 aromatic rings. The number of carbonyl (C=O) groups is 1. The van der Waals surface area contributed by atoms with E-state index in [0.717, 1.165) is 5.56 Å². The van der Waals surface area contributed by atoms with Crippen LogP contribution in [0.5, 0.6) is 17.2 Å². The lowest BCUT2D eigenvalue weighted by Gasteiger charge is -2.15. The first-order valence-electron chi connectivity index (χ1n) is 9.05. The van der Waals surface area contributed by atoms with Gasteiger partial charge in [0.2, 0.25) is 5.75 Å². The van der Waals surface area contributed by atoms with Gasteiger partial charge in [-0.15, -0.1) is 5.10 Å². The molecule has 0 aliphatic heterocycles. The summed E-state index contributed by atoms with van der Waals surface area (Å²) in [6.45, 7) is 0. The van der Waals surface area contributed by atoms with Crippen molar-refractivity contribution in [2.24, 2.45) is 0 Å². The van der Waals surface area contributed by atoms with Crippen molar-refractivity contribution in [3.63, 3.8) is 0 Å². The van der Waals surface area contributed by atoms with Crippen molar-refractivity contribution in [3.8, 4) is 34.3 Å². The zero-order valence-electron chi connectivity index (χ0n) is 16.7. The first-order valence-corrected chi connectivity index (χ1v) is 9.05. The molecule has 0 fully saturated rings. The summed E-state index contributed by atoms with van der Waals surface area (Å²) < 4.78 is 23.2. The molecule has 30 heavy (non-hydrogen) atoms. The minimum Gasteiger partial charge on any atom is -0.493 e. The van der Waals surface area contributed by atoms with Crippen LogP contribution in [0.15, 0.2) is 65.5 Å². The molecule has 4 rings (SSSR count). The highest BCUT2D eigenvalue weighted by atomic mass is 16.5. The molecule has 0 unspecified atom stereocenters. The summed E-state index contributed by atoms with van der Waals surface area (Å²) in [4.78, 5) is 13.6. The van der Waals surface area contributed by atoms with Crippen LogP contribution in [0.2, 0.25) is 0 Å². The minimum atomic E-state index is -0.242. The van der Waals surface area contributed by atoms with E-state index >= 15 is 0 Å². The summed E-state index contributed by atoms with van der Waals surface area (Å²) in [5.41, 5.74) is 2.15. The first-order chi connectivity index (χ1) is 14.7. The predicted octanol–water partition coefficient (Wildman–Crippen LogP) is 3.78. The molecule has 0 saturated heterocycles. The van der Waals surface area contributed by atoms with Gasteiger partial charge in [-0.1, -0.05) is 5.21 Å². The van der Waals surface area contributed by atoms with E-state index in [0.29, 0.717) is 39.8 Å². The van der Waals surface area contributed by atoms with Gasteiger partial charge in [-0.05, 0) is 42.5 Å². The monoisotopic (exact) mass is 405 g/mol. The number of carbonyl (C=O) groups excluding carboxylic acids is 1. The maximum absolute atomic E-state index is 13.6. The van der Waals surface area contributed by atoms with Gasteiger partial charge in [0.15, 0.2) is 17.3 Å². The number of ether oxygens (including phenoxy) is 3. The average Bonchev–Trinajstić information content (AvgIpc) is 3.51. The van der Waals surface area contributed by atoms with E-state index in [1.54, 1.807) is 49.0 Å². The second-order valence-corrected chi connectivity index (χ2v) is 6.30. The molecule has 0 atom stereocenters. The Morgan fingerprint density at radius 3 is 2.33 bits per heavy atom. The number of benzene rings is 2. The van der Waals surface area contributed by atoms with Crippen LogP contribution in [0, 0.1) is 0 Å².